The molecule has 4 heteroatoms. The van der Waals surface area contributed by atoms with Gasteiger partial charge in [-0.05, 0) is 62.5 Å². The molecule has 1 N–H and O–H groups in total. The van der Waals surface area contributed by atoms with E-state index in [1.165, 1.54) is 23.3 Å². The van der Waals surface area contributed by atoms with E-state index in [2.05, 4.69) is 48.3 Å². The van der Waals surface area contributed by atoms with Gasteiger partial charge in [0.25, 0.3) is 0 Å². The molecule has 1 aliphatic rings. The maximum Gasteiger partial charge on any atom is 0.223 e. The number of nitrogens with zero attached hydrogens (tertiary/aromatic N) is 1. The zero-order chi connectivity index (χ0) is 19.2. The second kappa shape index (κ2) is 9.14. The topological polar surface area (TPSA) is 32.3 Å². The van der Waals surface area contributed by atoms with E-state index in [9.17, 15) is 9.18 Å². The number of hydrogen-bond acceptors (Lipinski definition) is 2. The van der Waals surface area contributed by atoms with Crippen molar-refractivity contribution in [1.82, 2.24) is 10.2 Å². The highest BCUT2D eigenvalue weighted by molar-refractivity contribution is 5.79. The summed E-state index contributed by atoms with van der Waals surface area (Å²) >= 11 is 0. The molecule has 144 valence electrons. The van der Waals surface area contributed by atoms with Gasteiger partial charge in [0.15, 0.2) is 0 Å². The Morgan fingerprint density at radius 1 is 1.11 bits per heavy atom. The highest BCUT2D eigenvalue weighted by Crippen LogP contribution is 2.22. The standard InChI is InChI=1S/C23H29FN2O/c1-3-22(19-8-4-17(2)5-9-19)25-23(27)20-12-14-26(15-13-20)16-18-6-10-21(24)11-7-18/h4-11,20,22H,3,12-16H2,1-2H3,(H,25,27)/t22-/m0/s1. The number of carbonyl (C=O) groups is 1. The summed E-state index contributed by atoms with van der Waals surface area (Å²) < 4.78 is 13.0. The summed E-state index contributed by atoms with van der Waals surface area (Å²) in [4.78, 5) is 15.1. The smallest absolute Gasteiger partial charge is 0.223 e. The lowest BCUT2D eigenvalue weighted by atomic mass is 9.94. The van der Waals surface area contributed by atoms with Crippen LogP contribution in [-0.4, -0.2) is 23.9 Å². The first kappa shape index (κ1) is 19.6. The van der Waals surface area contributed by atoms with Crippen molar-refractivity contribution in [2.24, 2.45) is 5.92 Å². The summed E-state index contributed by atoms with van der Waals surface area (Å²) in [5, 5.41) is 3.24. The molecule has 1 atom stereocenters. The number of benzene rings is 2. The van der Waals surface area contributed by atoms with Gasteiger partial charge in [-0.25, -0.2) is 4.39 Å². The Morgan fingerprint density at radius 3 is 2.33 bits per heavy atom. The van der Waals surface area contributed by atoms with E-state index >= 15 is 0 Å². The quantitative estimate of drug-likeness (QED) is 0.807. The van der Waals surface area contributed by atoms with Crippen molar-refractivity contribution >= 4 is 5.91 Å². The molecular weight excluding hydrogens is 339 g/mol. The van der Waals surface area contributed by atoms with Gasteiger partial charge >= 0.3 is 0 Å². The molecule has 27 heavy (non-hydrogen) atoms. The fourth-order valence-electron chi connectivity index (χ4n) is 3.71. The Hall–Kier alpha value is -2.20. The molecule has 0 unspecified atom stereocenters. The Labute approximate surface area is 161 Å². The fraction of sp³-hybridized carbons (Fsp3) is 0.435. The number of amides is 1. The van der Waals surface area contributed by atoms with E-state index in [0.717, 1.165) is 44.5 Å². The molecule has 1 fully saturated rings. The van der Waals surface area contributed by atoms with E-state index in [4.69, 9.17) is 0 Å². The van der Waals surface area contributed by atoms with Crippen LogP contribution in [0, 0.1) is 18.7 Å². The molecule has 1 saturated heterocycles. The lowest BCUT2D eigenvalue weighted by Gasteiger charge is -2.32. The monoisotopic (exact) mass is 368 g/mol. The lowest BCUT2D eigenvalue weighted by Crippen LogP contribution is -2.41. The van der Waals surface area contributed by atoms with Crippen LogP contribution in [0.1, 0.15) is 48.9 Å². The molecule has 0 aromatic heterocycles. The first-order valence-corrected chi connectivity index (χ1v) is 9.89. The van der Waals surface area contributed by atoms with Crippen LogP contribution in [0.2, 0.25) is 0 Å². The van der Waals surface area contributed by atoms with Gasteiger partial charge in [0.2, 0.25) is 5.91 Å². The molecule has 3 rings (SSSR count). The van der Waals surface area contributed by atoms with Crippen molar-refractivity contribution in [3.05, 3.63) is 71.0 Å². The van der Waals surface area contributed by atoms with Crippen molar-refractivity contribution in [2.45, 2.75) is 45.7 Å². The molecule has 2 aromatic rings. The van der Waals surface area contributed by atoms with Crippen molar-refractivity contribution in [3.8, 4) is 0 Å². The predicted molar refractivity (Wildman–Crippen MR) is 107 cm³/mol. The van der Waals surface area contributed by atoms with Crippen molar-refractivity contribution in [2.75, 3.05) is 13.1 Å². The molecule has 0 spiro atoms. The van der Waals surface area contributed by atoms with Gasteiger partial charge < -0.3 is 5.32 Å². The minimum Gasteiger partial charge on any atom is -0.349 e. The molecule has 3 nitrogen and oxygen atoms in total. The Bertz CT molecular complexity index is 734. The third kappa shape index (κ3) is 5.39. The minimum absolute atomic E-state index is 0.0777. The van der Waals surface area contributed by atoms with Gasteiger partial charge in [-0.1, -0.05) is 48.9 Å². The number of nitrogens with one attached hydrogen (secondary N) is 1. The van der Waals surface area contributed by atoms with Crippen LogP contribution in [0.15, 0.2) is 48.5 Å². The molecule has 2 aromatic carbocycles. The van der Waals surface area contributed by atoms with Crippen LogP contribution in [0.4, 0.5) is 4.39 Å². The molecule has 1 heterocycles. The maximum atomic E-state index is 13.0. The molecule has 0 radical (unpaired) electrons. The van der Waals surface area contributed by atoms with Crippen LogP contribution in [0.5, 0.6) is 0 Å². The number of piperidine rings is 1. The highest BCUT2D eigenvalue weighted by Gasteiger charge is 2.26. The molecule has 0 aliphatic carbocycles. The van der Waals surface area contributed by atoms with Gasteiger partial charge in [-0.2, -0.15) is 0 Å². The average Bonchev–Trinajstić information content (AvgIpc) is 2.69. The van der Waals surface area contributed by atoms with Crippen LogP contribution < -0.4 is 5.32 Å². The zero-order valence-electron chi connectivity index (χ0n) is 16.2. The van der Waals surface area contributed by atoms with Crippen LogP contribution in [0.3, 0.4) is 0 Å². The second-order valence-corrected chi connectivity index (χ2v) is 7.56. The number of carbonyl (C=O) groups excluding carboxylic acids is 1. The van der Waals surface area contributed by atoms with Crippen molar-refractivity contribution < 1.29 is 9.18 Å². The number of aryl methyl sites for hydroxylation is 1. The largest absolute Gasteiger partial charge is 0.349 e. The van der Waals surface area contributed by atoms with Crippen LogP contribution >= 0.6 is 0 Å². The SMILES string of the molecule is CC[C@H](NC(=O)C1CCN(Cc2ccc(F)cc2)CC1)c1ccc(C)cc1. The van der Waals surface area contributed by atoms with E-state index < -0.39 is 0 Å². The number of rotatable bonds is 6. The molecular formula is C23H29FN2O. The van der Waals surface area contributed by atoms with E-state index in [-0.39, 0.29) is 23.7 Å². The van der Waals surface area contributed by atoms with Crippen LogP contribution in [0.25, 0.3) is 0 Å². The van der Waals surface area contributed by atoms with Gasteiger partial charge in [-0.3, -0.25) is 9.69 Å². The van der Waals surface area contributed by atoms with Crippen LogP contribution in [-0.2, 0) is 11.3 Å². The second-order valence-electron chi connectivity index (χ2n) is 7.56. The first-order valence-electron chi connectivity index (χ1n) is 9.89. The van der Waals surface area contributed by atoms with Gasteiger partial charge in [0.1, 0.15) is 5.82 Å². The summed E-state index contributed by atoms with van der Waals surface area (Å²) in [6, 6.07) is 15.2. The normalized spacial score (nSPS) is 16.9. The number of halogens is 1. The van der Waals surface area contributed by atoms with E-state index in [1.54, 1.807) is 0 Å². The third-order valence-corrected chi connectivity index (χ3v) is 5.48. The number of likely N-dealkylation sites (tertiary alicyclic amines) is 1. The first-order chi connectivity index (χ1) is 13.0. The lowest BCUT2D eigenvalue weighted by molar-refractivity contribution is -0.127. The van der Waals surface area contributed by atoms with E-state index in [0.29, 0.717) is 0 Å². The third-order valence-electron chi connectivity index (χ3n) is 5.48. The maximum absolute atomic E-state index is 13.0. The van der Waals surface area contributed by atoms with E-state index in [1.807, 2.05) is 12.1 Å². The average molecular weight is 368 g/mol. The summed E-state index contributed by atoms with van der Waals surface area (Å²) in [5.41, 5.74) is 3.52. The summed E-state index contributed by atoms with van der Waals surface area (Å²) in [7, 11) is 0. The summed E-state index contributed by atoms with van der Waals surface area (Å²) in [5.74, 6) is 0.0472. The van der Waals surface area contributed by atoms with Gasteiger partial charge in [0, 0.05) is 12.5 Å². The molecule has 1 amide bonds. The summed E-state index contributed by atoms with van der Waals surface area (Å²) in [6.45, 7) is 6.79. The fourth-order valence-corrected chi connectivity index (χ4v) is 3.71. The minimum atomic E-state index is -0.201. The van der Waals surface area contributed by atoms with Gasteiger partial charge in [0.05, 0.1) is 6.04 Å². The predicted octanol–water partition coefficient (Wildman–Crippen LogP) is 4.61. The Balaban J connectivity index is 1.50. The molecule has 0 saturated carbocycles. The zero-order valence-corrected chi connectivity index (χ0v) is 16.2. The Morgan fingerprint density at radius 2 is 1.74 bits per heavy atom. The Kier molecular flexibility index (Phi) is 6.62. The van der Waals surface area contributed by atoms with Gasteiger partial charge in [-0.15, -0.1) is 0 Å². The highest BCUT2D eigenvalue weighted by atomic mass is 19.1. The molecule has 0 bridgehead atoms. The molecule has 1 aliphatic heterocycles. The number of hydrogen-bond donors (Lipinski definition) is 1. The summed E-state index contributed by atoms with van der Waals surface area (Å²) in [6.07, 6.45) is 2.63. The van der Waals surface area contributed by atoms with Crippen molar-refractivity contribution in [1.29, 1.82) is 0 Å². The van der Waals surface area contributed by atoms with Crippen molar-refractivity contribution in [3.63, 3.8) is 0 Å².